The van der Waals surface area contributed by atoms with E-state index in [0.29, 0.717) is 39.4 Å². The maximum atomic E-state index is 12.9. The Morgan fingerprint density at radius 2 is 1.65 bits per heavy atom. The Hall–Kier alpha value is -4.61. The number of carbonyl (C=O) groups is 2. The molecular weight excluding hydrogens is 550 g/mol. The van der Waals surface area contributed by atoms with Gasteiger partial charge in [0, 0.05) is 16.8 Å². The molecule has 0 bridgehead atoms. The number of aromatic nitrogens is 1. The van der Waals surface area contributed by atoms with Crippen molar-refractivity contribution in [2.75, 3.05) is 22.9 Å². The fourth-order valence-electron chi connectivity index (χ4n) is 3.84. The largest absolute Gasteiger partial charge is 0.497 e. The molecule has 202 valence electrons. The highest BCUT2D eigenvalue weighted by molar-refractivity contribution is 7.99. The van der Waals surface area contributed by atoms with Gasteiger partial charge in [0.1, 0.15) is 11.3 Å². The van der Waals surface area contributed by atoms with E-state index in [9.17, 15) is 18.0 Å². The number of anilines is 2. The number of ketones is 1. The van der Waals surface area contributed by atoms with Crippen molar-refractivity contribution in [1.82, 2.24) is 4.98 Å². The summed E-state index contributed by atoms with van der Waals surface area (Å²) in [5.41, 5.74) is 2.40. The van der Waals surface area contributed by atoms with Crippen LogP contribution in [-0.4, -0.2) is 38.0 Å². The topological polar surface area (TPSA) is 128 Å². The molecule has 0 saturated carbocycles. The van der Waals surface area contributed by atoms with Crippen molar-refractivity contribution < 1.29 is 27.2 Å². The van der Waals surface area contributed by atoms with Crippen LogP contribution in [-0.2, 0) is 14.8 Å². The van der Waals surface area contributed by atoms with Crippen molar-refractivity contribution in [2.24, 2.45) is 0 Å². The molecule has 5 aromatic rings. The summed E-state index contributed by atoms with van der Waals surface area (Å²) in [6.07, 6.45) is 0. The number of nitrogens with one attached hydrogen (secondary N) is 2. The molecule has 1 heterocycles. The first-order chi connectivity index (χ1) is 19.3. The standard InChI is InChI=1S/C29H23N3O6S2/c1-37-21-13-11-20(12-14-21)32-40(35,36)22-15-16-26-25(17-22)31-29(38-26)39-18-27(33)30-24-10-6-5-9-23(24)28(34)19-7-3-2-4-8-19/h2-17,32H,18H2,1H3,(H,30,33). The van der Waals surface area contributed by atoms with Gasteiger partial charge in [-0.3, -0.25) is 14.3 Å². The van der Waals surface area contributed by atoms with E-state index in [2.05, 4.69) is 15.0 Å². The molecule has 4 aromatic carbocycles. The van der Waals surface area contributed by atoms with Crippen LogP contribution in [0.25, 0.3) is 11.1 Å². The molecule has 11 heteroatoms. The maximum absolute atomic E-state index is 12.9. The van der Waals surface area contributed by atoms with E-state index >= 15 is 0 Å². The van der Waals surface area contributed by atoms with E-state index in [4.69, 9.17) is 9.15 Å². The number of nitrogens with zero attached hydrogens (tertiary/aromatic N) is 1. The van der Waals surface area contributed by atoms with Gasteiger partial charge < -0.3 is 14.5 Å². The molecule has 0 atom stereocenters. The predicted octanol–water partition coefficient (Wildman–Crippen LogP) is 5.60. The lowest BCUT2D eigenvalue weighted by molar-refractivity contribution is -0.113. The first-order valence-corrected chi connectivity index (χ1v) is 14.5. The summed E-state index contributed by atoms with van der Waals surface area (Å²) in [6, 6.07) is 26.5. The number of methoxy groups -OCH3 is 1. The van der Waals surface area contributed by atoms with Crippen LogP contribution in [0.15, 0.2) is 112 Å². The molecule has 0 fully saturated rings. The highest BCUT2D eigenvalue weighted by Crippen LogP contribution is 2.27. The Balaban J connectivity index is 1.25. The molecule has 0 aliphatic rings. The summed E-state index contributed by atoms with van der Waals surface area (Å²) in [7, 11) is -2.35. The highest BCUT2D eigenvalue weighted by atomic mass is 32.2. The summed E-state index contributed by atoms with van der Waals surface area (Å²) in [5, 5.41) is 2.98. The molecule has 9 nitrogen and oxygen atoms in total. The third-order valence-corrected chi connectivity index (χ3v) is 8.01. The fourth-order valence-corrected chi connectivity index (χ4v) is 5.55. The van der Waals surface area contributed by atoms with Crippen LogP contribution in [0.4, 0.5) is 11.4 Å². The number of carbonyl (C=O) groups excluding carboxylic acids is 2. The van der Waals surface area contributed by atoms with Crippen molar-refractivity contribution in [3.05, 3.63) is 108 Å². The van der Waals surface area contributed by atoms with Crippen LogP contribution in [0.1, 0.15) is 15.9 Å². The number of hydrogen-bond donors (Lipinski definition) is 2. The quantitative estimate of drug-likeness (QED) is 0.163. The SMILES string of the molecule is COc1ccc(NS(=O)(=O)c2ccc3oc(SCC(=O)Nc4ccccc4C(=O)c4ccccc4)nc3c2)cc1. The van der Waals surface area contributed by atoms with E-state index < -0.39 is 10.0 Å². The minimum atomic E-state index is -3.88. The van der Waals surface area contributed by atoms with Crippen molar-refractivity contribution >= 4 is 56.0 Å². The van der Waals surface area contributed by atoms with Gasteiger partial charge in [0.05, 0.1) is 23.4 Å². The zero-order chi connectivity index (χ0) is 28.1. The molecule has 0 unspecified atom stereocenters. The van der Waals surface area contributed by atoms with Gasteiger partial charge in [-0.2, -0.15) is 0 Å². The Kier molecular flexibility index (Phi) is 7.85. The van der Waals surface area contributed by atoms with E-state index in [1.165, 1.54) is 25.3 Å². The number of para-hydroxylation sites is 1. The second kappa shape index (κ2) is 11.6. The van der Waals surface area contributed by atoms with Crippen LogP contribution >= 0.6 is 11.8 Å². The Labute approximate surface area is 234 Å². The molecule has 0 aliphatic carbocycles. The van der Waals surface area contributed by atoms with Gasteiger partial charge in [0.2, 0.25) is 5.91 Å². The number of oxazole rings is 1. The minimum absolute atomic E-state index is 0.0121. The van der Waals surface area contributed by atoms with E-state index in [0.717, 1.165) is 11.8 Å². The lowest BCUT2D eigenvalue weighted by Gasteiger charge is -2.10. The highest BCUT2D eigenvalue weighted by Gasteiger charge is 2.19. The minimum Gasteiger partial charge on any atom is -0.497 e. The van der Waals surface area contributed by atoms with Gasteiger partial charge in [-0.15, -0.1) is 0 Å². The third kappa shape index (κ3) is 6.16. The number of ether oxygens (including phenoxy) is 1. The van der Waals surface area contributed by atoms with Gasteiger partial charge in [-0.05, 0) is 54.6 Å². The number of rotatable bonds is 10. The number of sulfonamides is 1. The lowest BCUT2D eigenvalue weighted by Crippen LogP contribution is -2.17. The van der Waals surface area contributed by atoms with Crippen LogP contribution in [0.3, 0.4) is 0 Å². The number of amides is 1. The molecule has 0 spiro atoms. The average Bonchev–Trinajstić information content (AvgIpc) is 3.39. The van der Waals surface area contributed by atoms with Gasteiger partial charge in [0.15, 0.2) is 11.4 Å². The molecule has 0 aliphatic heterocycles. The van der Waals surface area contributed by atoms with Crippen LogP contribution in [0.5, 0.6) is 5.75 Å². The summed E-state index contributed by atoms with van der Waals surface area (Å²) in [4.78, 5) is 30.0. The first kappa shape index (κ1) is 27.0. The molecule has 0 saturated heterocycles. The molecular formula is C29H23N3O6S2. The van der Waals surface area contributed by atoms with Crippen LogP contribution in [0.2, 0.25) is 0 Å². The summed E-state index contributed by atoms with van der Waals surface area (Å²) in [6.45, 7) is 0. The molecule has 40 heavy (non-hydrogen) atoms. The zero-order valence-electron chi connectivity index (χ0n) is 21.2. The van der Waals surface area contributed by atoms with Crippen molar-refractivity contribution in [2.45, 2.75) is 10.1 Å². The Bertz CT molecular complexity index is 1790. The molecule has 2 N–H and O–H groups in total. The second-order valence-corrected chi connectivity index (χ2v) is 11.1. The first-order valence-electron chi connectivity index (χ1n) is 12.0. The monoisotopic (exact) mass is 573 g/mol. The van der Waals surface area contributed by atoms with E-state index in [-0.39, 0.29) is 27.6 Å². The number of thioether (sulfide) groups is 1. The van der Waals surface area contributed by atoms with Gasteiger partial charge in [0.25, 0.3) is 15.2 Å². The zero-order valence-corrected chi connectivity index (χ0v) is 22.8. The molecule has 1 amide bonds. The van der Waals surface area contributed by atoms with E-state index in [1.54, 1.807) is 72.8 Å². The molecule has 1 aromatic heterocycles. The van der Waals surface area contributed by atoms with Gasteiger partial charge in [-0.25, -0.2) is 13.4 Å². The van der Waals surface area contributed by atoms with Crippen LogP contribution < -0.4 is 14.8 Å². The molecule has 0 radical (unpaired) electrons. The second-order valence-electron chi connectivity index (χ2n) is 8.52. The number of hydrogen-bond acceptors (Lipinski definition) is 8. The Morgan fingerprint density at radius 1 is 0.925 bits per heavy atom. The van der Waals surface area contributed by atoms with E-state index in [1.807, 2.05) is 6.07 Å². The smallest absolute Gasteiger partial charge is 0.261 e. The molecule has 5 rings (SSSR count). The van der Waals surface area contributed by atoms with Gasteiger partial charge in [-0.1, -0.05) is 54.2 Å². The average molecular weight is 574 g/mol. The van der Waals surface area contributed by atoms with Crippen molar-refractivity contribution in [3.8, 4) is 5.75 Å². The fraction of sp³-hybridized carbons (Fsp3) is 0.0690. The number of benzene rings is 4. The van der Waals surface area contributed by atoms with Gasteiger partial charge >= 0.3 is 0 Å². The maximum Gasteiger partial charge on any atom is 0.261 e. The summed E-state index contributed by atoms with van der Waals surface area (Å²) < 4.78 is 39.1. The third-order valence-electron chi connectivity index (χ3n) is 5.80. The van der Waals surface area contributed by atoms with Crippen molar-refractivity contribution in [1.29, 1.82) is 0 Å². The summed E-state index contributed by atoms with van der Waals surface area (Å²) >= 11 is 1.05. The predicted molar refractivity (Wildman–Crippen MR) is 153 cm³/mol. The van der Waals surface area contributed by atoms with Crippen LogP contribution in [0, 0.1) is 0 Å². The number of fused-ring (bicyclic) bond motifs is 1. The Morgan fingerprint density at radius 3 is 2.40 bits per heavy atom. The lowest BCUT2D eigenvalue weighted by atomic mass is 10.0. The normalized spacial score (nSPS) is 11.2. The summed E-state index contributed by atoms with van der Waals surface area (Å²) in [5.74, 6) is 0.0173. The van der Waals surface area contributed by atoms with Crippen molar-refractivity contribution in [3.63, 3.8) is 0 Å².